The molecule has 0 radical (unpaired) electrons. The summed E-state index contributed by atoms with van der Waals surface area (Å²) in [6.45, 7) is 2.13. The molecule has 2 heterocycles. The molecule has 1 aliphatic carbocycles. The number of rotatable bonds is 5. The zero-order valence-corrected chi connectivity index (χ0v) is 19.0. The molecule has 1 saturated heterocycles. The maximum Gasteiger partial charge on any atom is 0.326 e. The van der Waals surface area contributed by atoms with Crippen molar-refractivity contribution in [3.63, 3.8) is 0 Å². The molecule has 2 aromatic carbocycles. The van der Waals surface area contributed by atoms with E-state index in [9.17, 15) is 9.59 Å². The van der Waals surface area contributed by atoms with Crippen LogP contribution in [0, 0.1) is 0 Å². The molecule has 2 fully saturated rings. The fourth-order valence-corrected chi connectivity index (χ4v) is 5.41. The van der Waals surface area contributed by atoms with Crippen LogP contribution in [0.25, 0.3) is 11.3 Å². The van der Waals surface area contributed by atoms with E-state index in [-0.39, 0.29) is 23.7 Å². The molecular formula is C27H32N4O2. The van der Waals surface area contributed by atoms with Gasteiger partial charge in [-0.2, -0.15) is 0 Å². The van der Waals surface area contributed by atoms with Gasteiger partial charge in [-0.05, 0) is 24.8 Å². The van der Waals surface area contributed by atoms with Gasteiger partial charge >= 0.3 is 5.69 Å². The van der Waals surface area contributed by atoms with Crippen LogP contribution in [0.15, 0.2) is 65.5 Å². The summed E-state index contributed by atoms with van der Waals surface area (Å²) in [5, 5.41) is 3.43. The molecule has 1 amide bonds. The van der Waals surface area contributed by atoms with Gasteiger partial charge in [-0.25, -0.2) is 4.79 Å². The number of H-pyrrole nitrogens is 1. The molecule has 33 heavy (non-hydrogen) atoms. The van der Waals surface area contributed by atoms with Crippen molar-refractivity contribution in [3.8, 4) is 11.3 Å². The van der Waals surface area contributed by atoms with Crippen molar-refractivity contribution in [2.75, 3.05) is 19.6 Å². The number of aromatic amines is 1. The van der Waals surface area contributed by atoms with Gasteiger partial charge in [0.1, 0.15) is 5.69 Å². The lowest BCUT2D eigenvalue weighted by Gasteiger charge is -2.36. The fourth-order valence-electron chi connectivity index (χ4n) is 5.41. The Morgan fingerprint density at radius 1 is 0.939 bits per heavy atom. The van der Waals surface area contributed by atoms with Crippen LogP contribution < -0.4 is 11.0 Å². The van der Waals surface area contributed by atoms with Gasteiger partial charge < -0.3 is 15.2 Å². The number of imidazole rings is 1. The van der Waals surface area contributed by atoms with E-state index in [2.05, 4.69) is 22.4 Å². The van der Waals surface area contributed by atoms with Crippen molar-refractivity contribution in [1.29, 1.82) is 0 Å². The maximum atomic E-state index is 14.0. The number of aromatic nitrogens is 2. The smallest absolute Gasteiger partial charge is 0.326 e. The van der Waals surface area contributed by atoms with Crippen LogP contribution >= 0.6 is 0 Å². The Bertz CT molecular complexity index is 1130. The summed E-state index contributed by atoms with van der Waals surface area (Å²) in [5.41, 5.74) is 3.13. The molecule has 0 bridgehead atoms. The molecule has 172 valence electrons. The number of nitrogens with one attached hydrogen (secondary N) is 2. The second kappa shape index (κ2) is 9.79. The van der Waals surface area contributed by atoms with Crippen molar-refractivity contribution in [3.05, 3.63) is 82.4 Å². The molecule has 2 aliphatic rings. The number of hydrogen-bond donors (Lipinski definition) is 2. The Hall–Kier alpha value is -3.12. The monoisotopic (exact) mass is 444 g/mol. The Kier molecular flexibility index (Phi) is 6.44. The number of carbonyl (C=O) groups excluding carboxylic acids is 1. The highest BCUT2D eigenvalue weighted by Gasteiger charge is 2.33. The minimum absolute atomic E-state index is 0.0406. The molecule has 5 rings (SSSR count). The zero-order chi connectivity index (χ0) is 22.6. The first-order chi connectivity index (χ1) is 16.2. The van der Waals surface area contributed by atoms with E-state index in [1.807, 2.05) is 58.0 Å². The number of carbonyl (C=O) groups is 1. The second-order valence-corrected chi connectivity index (χ2v) is 9.23. The molecule has 6 nitrogen and oxygen atoms in total. The minimum atomic E-state index is -0.168. The standard InChI is InChI=1S/C27H32N4O2/c32-26(30-17-16-28-19-23(30)18-20-10-4-1-5-11-20)24-25(21-12-6-2-7-13-21)31(27(33)29-24)22-14-8-3-9-15-22/h1-2,4-7,10-13,22-23,28H,3,8-9,14-19H2,(H,29,33)/t23-/m1/s1. The highest BCUT2D eigenvalue weighted by Crippen LogP contribution is 2.33. The first-order valence-corrected chi connectivity index (χ1v) is 12.2. The van der Waals surface area contributed by atoms with E-state index in [0.29, 0.717) is 12.2 Å². The van der Waals surface area contributed by atoms with Crippen LogP contribution in [0.1, 0.15) is 54.2 Å². The van der Waals surface area contributed by atoms with E-state index in [4.69, 9.17) is 0 Å². The summed E-state index contributed by atoms with van der Waals surface area (Å²) < 4.78 is 1.87. The van der Waals surface area contributed by atoms with E-state index in [1.54, 1.807) is 0 Å². The average Bonchev–Trinajstić information content (AvgIpc) is 3.22. The van der Waals surface area contributed by atoms with Crippen LogP contribution in [0.2, 0.25) is 0 Å². The summed E-state index contributed by atoms with van der Waals surface area (Å²) >= 11 is 0. The number of nitrogens with zero attached hydrogens (tertiary/aromatic N) is 2. The lowest BCUT2D eigenvalue weighted by molar-refractivity contribution is 0.0631. The van der Waals surface area contributed by atoms with Gasteiger partial charge in [0, 0.05) is 37.3 Å². The van der Waals surface area contributed by atoms with E-state index in [0.717, 1.165) is 56.5 Å². The van der Waals surface area contributed by atoms with Crippen LogP contribution in [0.5, 0.6) is 0 Å². The Labute approximate surface area is 194 Å². The number of amides is 1. The van der Waals surface area contributed by atoms with Gasteiger partial charge in [0.05, 0.1) is 5.69 Å². The molecule has 1 saturated carbocycles. The van der Waals surface area contributed by atoms with Crippen LogP contribution in [-0.2, 0) is 6.42 Å². The van der Waals surface area contributed by atoms with Gasteiger partial charge in [-0.3, -0.25) is 9.36 Å². The molecule has 1 aliphatic heterocycles. The third-order valence-electron chi connectivity index (χ3n) is 7.05. The first-order valence-electron chi connectivity index (χ1n) is 12.2. The number of benzene rings is 2. The average molecular weight is 445 g/mol. The number of hydrogen-bond acceptors (Lipinski definition) is 3. The quantitative estimate of drug-likeness (QED) is 0.625. The molecule has 6 heteroatoms. The van der Waals surface area contributed by atoms with Crippen LogP contribution in [-0.4, -0.2) is 46.0 Å². The van der Waals surface area contributed by atoms with Gasteiger partial charge in [0.2, 0.25) is 0 Å². The lowest BCUT2D eigenvalue weighted by Crippen LogP contribution is -2.54. The summed E-state index contributed by atoms with van der Waals surface area (Å²) in [5.74, 6) is -0.0806. The molecule has 1 aromatic heterocycles. The molecular weight excluding hydrogens is 412 g/mol. The van der Waals surface area contributed by atoms with Gasteiger partial charge in [0.15, 0.2) is 0 Å². The third kappa shape index (κ3) is 4.53. The lowest BCUT2D eigenvalue weighted by atomic mass is 9.94. The summed E-state index contributed by atoms with van der Waals surface area (Å²) in [4.78, 5) is 32.1. The van der Waals surface area contributed by atoms with Crippen molar-refractivity contribution in [2.45, 2.75) is 50.6 Å². The number of piperazine rings is 1. The zero-order valence-electron chi connectivity index (χ0n) is 19.0. The SMILES string of the molecule is O=C(c1[nH]c(=O)n(C2CCCCC2)c1-c1ccccc1)N1CCNC[C@H]1Cc1ccccc1. The van der Waals surface area contributed by atoms with E-state index in [1.165, 1.54) is 12.0 Å². The third-order valence-corrected chi connectivity index (χ3v) is 7.05. The molecule has 3 aromatic rings. The van der Waals surface area contributed by atoms with E-state index >= 15 is 0 Å². The maximum absolute atomic E-state index is 14.0. The highest BCUT2D eigenvalue weighted by atomic mass is 16.2. The van der Waals surface area contributed by atoms with Crippen molar-refractivity contribution in [2.24, 2.45) is 0 Å². The van der Waals surface area contributed by atoms with Crippen LogP contribution in [0.3, 0.4) is 0 Å². The van der Waals surface area contributed by atoms with Crippen LogP contribution in [0.4, 0.5) is 0 Å². The topological polar surface area (TPSA) is 70.1 Å². The molecule has 1 atom stereocenters. The first kappa shape index (κ1) is 21.7. The van der Waals surface area contributed by atoms with Gasteiger partial charge in [0.25, 0.3) is 5.91 Å². The summed E-state index contributed by atoms with van der Waals surface area (Å²) in [7, 11) is 0. The normalized spacial score (nSPS) is 19.5. The highest BCUT2D eigenvalue weighted by molar-refractivity contribution is 5.98. The van der Waals surface area contributed by atoms with E-state index < -0.39 is 0 Å². The Balaban J connectivity index is 1.53. The molecule has 0 unspecified atom stereocenters. The largest absolute Gasteiger partial charge is 0.331 e. The summed E-state index contributed by atoms with van der Waals surface area (Å²) in [6.07, 6.45) is 6.20. The van der Waals surface area contributed by atoms with Gasteiger partial charge in [-0.15, -0.1) is 0 Å². The Morgan fingerprint density at radius 3 is 2.36 bits per heavy atom. The van der Waals surface area contributed by atoms with Crippen molar-refractivity contribution in [1.82, 2.24) is 19.8 Å². The van der Waals surface area contributed by atoms with Crippen molar-refractivity contribution < 1.29 is 4.79 Å². The fraction of sp³-hybridized carbons (Fsp3) is 0.407. The van der Waals surface area contributed by atoms with Crippen molar-refractivity contribution >= 4 is 5.91 Å². The molecule has 0 spiro atoms. The Morgan fingerprint density at radius 2 is 1.64 bits per heavy atom. The predicted molar refractivity (Wildman–Crippen MR) is 130 cm³/mol. The minimum Gasteiger partial charge on any atom is -0.331 e. The summed E-state index contributed by atoms with van der Waals surface area (Å²) in [6, 6.07) is 20.4. The molecule has 2 N–H and O–H groups in total. The van der Waals surface area contributed by atoms with Gasteiger partial charge in [-0.1, -0.05) is 79.9 Å². The predicted octanol–water partition coefficient (Wildman–Crippen LogP) is 4.01. The second-order valence-electron chi connectivity index (χ2n) is 9.23.